The average molecular weight is 380 g/mol. The van der Waals surface area contributed by atoms with Crippen molar-refractivity contribution in [3.05, 3.63) is 35.6 Å². The zero-order valence-corrected chi connectivity index (χ0v) is 14.9. The van der Waals surface area contributed by atoms with Crippen molar-refractivity contribution in [2.75, 3.05) is 38.2 Å². The molecule has 10 heteroatoms. The molecule has 1 unspecified atom stereocenters. The molecule has 0 saturated carbocycles. The van der Waals surface area contributed by atoms with E-state index < -0.39 is 26.2 Å². The van der Waals surface area contributed by atoms with E-state index in [0.717, 1.165) is 5.56 Å². The van der Waals surface area contributed by atoms with Crippen LogP contribution in [0, 0.1) is 5.82 Å². The summed E-state index contributed by atoms with van der Waals surface area (Å²) < 4.78 is 69.7. The van der Waals surface area contributed by atoms with Crippen LogP contribution in [0.1, 0.15) is 5.56 Å². The van der Waals surface area contributed by atoms with E-state index in [1.54, 1.807) is 12.1 Å². The number of halogens is 1. The maximum Gasteiger partial charge on any atom is 0.216 e. The van der Waals surface area contributed by atoms with E-state index in [-0.39, 0.29) is 37.0 Å². The number of methoxy groups -OCH3 is 1. The van der Waals surface area contributed by atoms with E-state index >= 15 is 0 Å². The Labute approximate surface area is 141 Å². The van der Waals surface area contributed by atoms with Gasteiger partial charge in [-0.25, -0.2) is 25.9 Å². The highest BCUT2D eigenvalue weighted by atomic mass is 32.2. The van der Waals surface area contributed by atoms with E-state index in [1.165, 1.54) is 23.5 Å². The second kappa shape index (κ2) is 7.87. The first-order valence-corrected chi connectivity index (χ1v) is 10.7. The van der Waals surface area contributed by atoms with Crippen LogP contribution in [0.3, 0.4) is 0 Å². The molecule has 24 heavy (non-hydrogen) atoms. The summed E-state index contributed by atoms with van der Waals surface area (Å²) in [7, 11) is -5.67. The van der Waals surface area contributed by atoms with Gasteiger partial charge in [0.1, 0.15) is 5.82 Å². The normalized spacial score (nSPS) is 20.4. The summed E-state index contributed by atoms with van der Waals surface area (Å²) in [4.78, 5) is 0. The third-order valence-electron chi connectivity index (χ3n) is 3.79. The largest absolute Gasteiger partial charge is 0.380 e. The molecule has 136 valence electrons. The van der Waals surface area contributed by atoms with Crippen LogP contribution in [0.4, 0.5) is 4.39 Å². The van der Waals surface area contributed by atoms with Crippen LogP contribution >= 0.6 is 0 Å². The van der Waals surface area contributed by atoms with Crippen LogP contribution in [-0.2, 0) is 31.2 Å². The number of nitrogens with one attached hydrogen (secondary N) is 1. The van der Waals surface area contributed by atoms with E-state index in [4.69, 9.17) is 4.74 Å². The molecule has 0 aliphatic carbocycles. The first-order valence-electron chi connectivity index (χ1n) is 7.44. The van der Waals surface area contributed by atoms with Crippen molar-refractivity contribution in [2.45, 2.75) is 12.5 Å². The molecule has 0 bridgehead atoms. The van der Waals surface area contributed by atoms with Crippen molar-refractivity contribution in [1.29, 1.82) is 0 Å². The van der Waals surface area contributed by atoms with Crippen LogP contribution < -0.4 is 4.72 Å². The number of hydrogen-bond acceptors (Lipinski definition) is 5. The summed E-state index contributed by atoms with van der Waals surface area (Å²) in [6.07, 6.45) is -0.284. The number of nitrogens with zero attached hydrogens (tertiary/aromatic N) is 1. The quantitative estimate of drug-likeness (QED) is 0.747. The predicted molar refractivity (Wildman–Crippen MR) is 88.1 cm³/mol. The van der Waals surface area contributed by atoms with E-state index in [0.29, 0.717) is 6.42 Å². The van der Waals surface area contributed by atoms with Gasteiger partial charge in [0.25, 0.3) is 0 Å². The van der Waals surface area contributed by atoms with Gasteiger partial charge in [-0.05, 0) is 24.1 Å². The van der Waals surface area contributed by atoms with Crippen molar-refractivity contribution >= 4 is 20.0 Å². The highest BCUT2D eigenvalue weighted by molar-refractivity contribution is 7.90. The standard InChI is InChI=1S/C14H21FN2O5S2/c1-22-14(10-12-2-4-13(15)5-3-12)11-24(20,21)17-7-6-16-23(18,19)9-8-17/h2-5,14,16H,6-11H2,1H3. The van der Waals surface area contributed by atoms with Gasteiger partial charge in [-0.1, -0.05) is 12.1 Å². The molecule has 0 spiro atoms. The minimum Gasteiger partial charge on any atom is -0.380 e. The smallest absolute Gasteiger partial charge is 0.216 e. The first-order chi connectivity index (χ1) is 11.2. The summed E-state index contributed by atoms with van der Waals surface area (Å²) in [5.41, 5.74) is 0.763. The van der Waals surface area contributed by atoms with Crippen molar-refractivity contribution in [2.24, 2.45) is 0 Å². The Hall–Kier alpha value is -1.07. The van der Waals surface area contributed by atoms with Crippen molar-refractivity contribution < 1.29 is 26.0 Å². The van der Waals surface area contributed by atoms with Gasteiger partial charge < -0.3 is 4.74 Å². The van der Waals surface area contributed by atoms with E-state index in [9.17, 15) is 21.2 Å². The molecule has 0 radical (unpaired) electrons. The summed E-state index contributed by atoms with van der Waals surface area (Å²) in [6, 6.07) is 5.77. The molecule has 1 aromatic rings. The van der Waals surface area contributed by atoms with Gasteiger partial charge >= 0.3 is 0 Å². The topological polar surface area (TPSA) is 92.8 Å². The molecule has 1 atom stereocenters. The van der Waals surface area contributed by atoms with Crippen LogP contribution in [0.2, 0.25) is 0 Å². The van der Waals surface area contributed by atoms with Crippen LogP contribution in [0.25, 0.3) is 0 Å². The third-order valence-corrected chi connectivity index (χ3v) is 7.10. The Bertz CT molecular complexity index is 750. The Morgan fingerprint density at radius 1 is 1.29 bits per heavy atom. The van der Waals surface area contributed by atoms with Crippen LogP contribution in [0.15, 0.2) is 24.3 Å². The zero-order chi connectivity index (χ0) is 17.8. The number of rotatable bonds is 6. The minimum atomic E-state index is -3.67. The Morgan fingerprint density at radius 2 is 1.96 bits per heavy atom. The van der Waals surface area contributed by atoms with Gasteiger partial charge in [0.05, 0.1) is 17.6 Å². The number of ether oxygens (including phenoxy) is 1. The fraction of sp³-hybridized carbons (Fsp3) is 0.571. The number of benzene rings is 1. The maximum absolute atomic E-state index is 12.9. The summed E-state index contributed by atoms with van der Waals surface area (Å²) in [6.45, 7) is 0.0658. The molecule has 1 aromatic carbocycles. The lowest BCUT2D eigenvalue weighted by atomic mass is 10.1. The fourth-order valence-electron chi connectivity index (χ4n) is 2.44. The molecular weight excluding hydrogens is 359 g/mol. The maximum atomic E-state index is 12.9. The monoisotopic (exact) mass is 380 g/mol. The number of hydrogen-bond donors (Lipinski definition) is 1. The zero-order valence-electron chi connectivity index (χ0n) is 13.3. The van der Waals surface area contributed by atoms with Crippen molar-refractivity contribution in [3.63, 3.8) is 0 Å². The van der Waals surface area contributed by atoms with E-state index in [1.807, 2.05) is 0 Å². The van der Waals surface area contributed by atoms with Crippen molar-refractivity contribution in [1.82, 2.24) is 9.03 Å². The van der Waals surface area contributed by atoms with Gasteiger partial charge in [0.15, 0.2) is 0 Å². The molecule has 0 amide bonds. The molecule has 2 rings (SSSR count). The van der Waals surface area contributed by atoms with Gasteiger partial charge in [-0.3, -0.25) is 0 Å². The van der Waals surface area contributed by atoms with E-state index in [2.05, 4.69) is 4.72 Å². The Morgan fingerprint density at radius 3 is 2.58 bits per heavy atom. The molecule has 1 N–H and O–H groups in total. The Balaban J connectivity index is 2.04. The third kappa shape index (κ3) is 5.49. The second-order valence-corrected chi connectivity index (χ2v) is 9.52. The molecule has 7 nitrogen and oxygen atoms in total. The van der Waals surface area contributed by atoms with Crippen LogP contribution in [0.5, 0.6) is 0 Å². The van der Waals surface area contributed by atoms with Crippen LogP contribution in [-0.4, -0.2) is 65.5 Å². The SMILES string of the molecule is COC(Cc1ccc(F)cc1)CS(=O)(=O)N1CCNS(=O)(=O)CC1. The summed E-state index contributed by atoms with van der Waals surface area (Å²) in [5.74, 6) is -0.887. The first kappa shape index (κ1) is 19.3. The lowest BCUT2D eigenvalue weighted by molar-refractivity contribution is 0.120. The molecule has 1 fully saturated rings. The predicted octanol–water partition coefficient (Wildman–Crippen LogP) is -0.0520. The highest BCUT2D eigenvalue weighted by Gasteiger charge is 2.29. The molecule has 0 aromatic heterocycles. The summed E-state index contributed by atoms with van der Waals surface area (Å²) in [5, 5.41) is 0. The fourth-order valence-corrected chi connectivity index (χ4v) is 5.24. The van der Waals surface area contributed by atoms with Gasteiger partial charge in [0.2, 0.25) is 20.0 Å². The molecule has 1 heterocycles. The van der Waals surface area contributed by atoms with Gasteiger partial charge in [-0.2, -0.15) is 4.31 Å². The molecule has 1 aliphatic rings. The van der Waals surface area contributed by atoms with Gasteiger partial charge in [-0.15, -0.1) is 0 Å². The average Bonchev–Trinajstić information content (AvgIpc) is 2.70. The second-order valence-electron chi connectivity index (χ2n) is 5.58. The van der Waals surface area contributed by atoms with Gasteiger partial charge in [0, 0.05) is 26.7 Å². The van der Waals surface area contributed by atoms with Crippen molar-refractivity contribution in [3.8, 4) is 0 Å². The summed E-state index contributed by atoms with van der Waals surface area (Å²) >= 11 is 0. The number of sulfonamides is 2. The molecule has 1 saturated heterocycles. The Kier molecular flexibility index (Phi) is 6.32. The minimum absolute atomic E-state index is 0.0528. The highest BCUT2D eigenvalue weighted by Crippen LogP contribution is 2.13. The lowest BCUT2D eigenvalue weighted by Gasteiger charge is -2.22. The lowest BCUT2D eigenvalue weighted by Crippen LogP contribution is -2.40. The molecular formula is C14H21FN2O5S2. The molecule has 1 aliphatic heterocycles.